The zero-order valence-corrected chi connectivity index (χ0v) is 18.4. The number of carbonyl (C=O) groups excluding carboxylic acids is 2. The normalized spacial score (nSPS) is 25.7. The summed E-state index contributed by atoms with van der Waals surface area (Å²) < 4.78 is 0. The lowest BCUT2D eigenvalue weighted by atomic mass is 9.77. The minimum atomic E-state index is -0.542. The molecule has 0 spiro atoms. The van der Waals surface area contributed by atoms with Gasteiger partial charge >= 0.3 is 0 Å². The van der Waals surface area contributed by atoms with E-state index < -0.39 is 6.10 Å². The molecule has 0 bridgehead atoms. The maximum atomic E-state index is 13.3. The number of nitrogens with zero attached hydrogens (tertiary/aromatic N) is 1. The number of hydrogen-bond donors (Lipinski definition) is 2. The first-order valence-corrected chi connectivity index (χ1v) is 11.4. The van der Waals surface area contributed by atoms with Crippen molar-refractivity contribution in [3.8, 4) is 0 Å². The second kappa shape index (κ2) is 9.23. The average Bonchev–Trinajstić information content (AvgIpc) is 3.15. The number of benzene rings is 2. The Hall–Kier alpha value is -2.66. The molecule has 2 N–H and O–H groups in total. The topological polar surface area (TPSA) is 69.6 Å². The summed E-state index contributed by atoms with van der Waals surface area (Å²) in [4.78, 5) is 26.6. The third-order valence-electron chi connectivity index (χ3n) is 6.73. The Morgan fingerprint density at radius 1 is 1.16 bits per heavy atom. The van der Waals surface area contributed by atoms with Crippen LogP contribution in [0.4, 0.5) is 0 Å². The molecule has 2 aromatic carbocycles. The number of carbonyl (C=O) groups is 2. The lowest BCUT2D eigenvalue weighted by Gasteiger charge is -2.35. The Morgan fingerprint density at radius 3 is 2.68 bits per heavy atom. The summed E-state index contributed by atoms with van der Waals surface area (Å²) in [5, 5.41) is 15.5. The summed E-state index contributed by atoms with van der Waals surface area (Å²) in [5.74, 6) is 0.543. The van der Waals surface area contributed by atoms with Gasteiger partial charge in [0.05, 0.1) is 12.1 Å². The molecular formula is C26H32N2O3. The minimum absolute atomic E-state index is 0.0498. The van der Waals surface area contributed by atoms with E-state index in [9.17, 15) is 14.7 Å². The molecule has 2 aliphatic rings. The molecule has 4 atom stereocenters. The summed E-state index contributed by atoms with van der Waals surface area (Å²) in [6.45, 7) is 5.00. The third-order valence-corrected chi connectivity index (χ3v) is 6.73. The number of allylic oxidation sites excluding steroid dienone is 1. The molecule has 5 nitrogen and oxygen atoms in total. The first-order chi connectivity index (χ1) is 15.0. The molecule has 4 rings (SSSR count). The van der Waals surface area contributed by atoms with Gasteiger partial charge in [-0.1, -0.05) is 49.8 Å². The number of amides is 2. The predicted octanol–water partition coefficient (Wildman–Crippen LogP) is 4.00. The number of unbranched alkanes of at least 4 members (excludes halogenated alkanes) is 1. The number of likely N-dealkylation sites (tertiary alicyclic amines) is 1. The van der Waals surface area contributed by atoms with Crippen LogP contribution in [-0.2, 0) is 4.79 Å². The summed E-state index contributed by atoms with van der Waals surface area (Å²) in [6.07, 6.45) is 7.35. The van der Waals surface area contributed by atoms with Gasteiger partial charge in [0, 0.05) is 25.6 Å². The van der Waals surface area contributed by atoms with Crippen molar-refractivity contribution < 1.29 is 14.7 Å². The third kappa shape index (κ3) is 4.67. The van der Waals surface area contributed by atoms with Gasteiger partial charge < -0.3 is 15.3 Å². The van der Waals surface area contributed by atoms with Gasteiger partial charge in [-0.15, -0.1) is 0 Å². The molecule has 2 amide bonds. The summed E-state index contributed by atoms with van der Waals surface area (Å²) in [7, 11) is 0. The lowest BCUT2D eigenvalue weighted by Crippen LogP contribution is -2.48. The second-order valence-electron chi connectivity index (χ2n) is 9.05. The zero-order chi connectivity index (χ0) is 22.0. The largest absolute Gasteiger partial charge is 0.391 e. The molecule has 2 aromatic rings. The number of hydrogen-bond acceptors (Lipinski definition) is 3. The quantitative estimate of drug-likeness (QED) is 0.768. The van der Waals surface area contributed by atoms with Crippen LogP contribution in [0.15, 0.2) is 42.5 Å². The lowest BCUT2D eigenvalue weighted by molar-refractivity contribution is -0.121. The van der Waals surface area contributed by atoms with Crippen LogP contribution >= 0.6 is 0 Å². The van der Waals surface area contributed by atoms with Crippen molar-refractivity contribution in [2.75, 3.05) is 13.1 Å². The SMILES string of the molecule is CCC/C=C/c1cccc2cc(C(=O)N3C[C@H]4C[C@@H](NC(C)=O)[C@H](O)C[C@H]4C3)ccc12. The fraction of sp³-hybridized carbons (Fsp3) is 0.462. The Labute approximate surface area is 184 Å². The molecule has 1 saturated carbocycles. The van der Waals surface area contributed by atoms with Gasteiger partial charge in [-0.3, -0.25) is 9.59 Å². The molecule has 164 valence electrons. The molecule has 1 aliphatic carbocycles. The van der Waals surface area contributed by atoms with Crippen LogP contribution in [0.3, 0.4) is 0 Å². The van der Waals surface area contributed by atoms with Gasteiger partial charge in [0.15, 0.2) is 0 Å². The highest BCUT2D eigenvalue weighted by molar-refractivity contribution is 6.00. The number of fused-ring (bicyclic) bond motifs is 2. The summed E-state index contributed by atoms with van der Waals surface area (Å²) in [5.41, 5.74) is 1.88. The van der Waals surface area contributed by atoms with Crippen molar-refractivity contribution in [3.05, 3.63) is 53.6 Å². The van der Waals surface area contributed by atoms with E-state index in [0.29, 0.717) is 36.9 Å². The smallest absolute Gasteiger partial charge is 0.253 e. The van der Waals surface area contributed by atoms with E-state index >= 15 is 0 Å². The summed E-state index contributed by atoms with van der Waals surface area (Å²) in [6, 6.07) is 12.0. The van der Waals surface area contributed by atoms with E-state index in [1.54, 1.807) is 0 Å². The van der Waals surface area contributed by atoms with Gasteiger partial charge in [-0.2, -0.15) is 0 Å². The molecule has 1 aliphatic heterocycles. The van der Waals surface area contributed by atoms with E-state index in [-0.39, 0.29) is 17.9 Å². The molecule has 0 unspecified atom stereocenters. The fourth-order valence-electron chi connectivity index (χ4n) is 5.16. The fourth-order valence-corrected chi connectivity index (χ4v) is 5.16. The zero-order valence-electron chi connectivity index (χ0n) is 18.4. The van der Waals surface area contributed by atoms with Crippen molar-refractivity contribution in [1.82, 2.24) is 10.2 Å². The molecule has 1 saturated heterocycles. The van der Waals surface area contributed by atoms with E-state index in [0.717, 1.165) is 30.0 Å². The Bertz CT molecular complexity index is 999. The van der Waals surface area contributed by atoms with Gasteiger partial charge in [-0.05, 0) is 59.6 Å². The highest BCUT2D eigenvalue weighted by Crippen LogP contribution is 2.37. The van der Waals surface area contributed by atoms with Gasteiger partial charge in [0.1, 0.15) is 0 Å². The highest BCUT2D eigenvalue weighted by Gasteiger charge is 2.43. The van der Waals surface area contributed by atoms with Crippen LogP contribution in [0.1, 0.15) is 55.5 Å². The van der Waals surface area contributed by atoms with Crippen LogP contribution in [0.25, 0.3) is 16.8 Å². The van der Waals surface area contributed by atoms with Crippen molar-refractivity contribution in [2.45, 2.75) is 51.7 Å². The number of aliphatic hydroxyl groups is 1. The Kier molecular flexibility index (Phi) is 6.42. The van der Waals surface area contributed by atoms with Crippen LogP contribution in [0.2, 0.25) is 0 Å². The van der Waals surface area contributed by atoms with Gasteiger partial charge in [0.2, 0.25) is 5.91 Å². The van der Waals surface area contributed by atoms with Crippen molar-refractivity contribution in [2.24, 2.45) is 11.8 Å². The van der Waals surface area contributed by atoms with Crippen LogP contribution in [0, 0.1) is 11.8 Å². The van der Waals surface area contributed by atoms with Crippen LogP contribution < -0.4 is 5.32 Å². The number of aliphatic hydroxyl groups excluding tert-OH is 1. The van der Waals surface area contributed by atoms with Gasteiger partial charge in [0.25, 0.3) is 5.91 Å². The maximum Gasteiger partial charge on any atom is 0.253 e. The highest BCUT2D eigenvalue weighted by atomic mass is 16.3. The van der Waals surface area contributed by atoms with Crippen molar-refractivity contribution in [3.63, 3.8) is 0 Å². The van der Waals surface area contributed by atoms with E-state index in [2.05, 4.69) is 36.5 Å². The second-order valence-corrected chi connectivity index (χ2v) is 9.05. The van der Waals surface area contributed by atoms with Crippen molar-refractivity contribution in [1.29, 1.82) is 0 Å². The molecule has 1 heterocycles. The maximum absolute atomic E-state index is 13.3. The van der Waals surface area contributed by atoms with E-state index in [4.69, 9.17) is 0 Å². The summed E-state index contributed by atoms with van der Waals surface area (Å²) >= 11 is 0. The van der Waals surface area contributed by atoms with Gasteiger partial charge in [-0.25, -0.2) is 0 Å². The number of nitrogens with one attached hydrogen (secondary N) is 1. The molecule has 0 aromatic heterocycles. The first-order valence-electron chi connectivity index (χ1n) is 11.4. The van der Waals surface area contributed by atoms with Crippen LogP contribution in [-0.4, -0.2) is 47.1 Å². The van der Waals surface area contributed by atoms with E-state index in [1.807, 2.05) is 29.2 Å². The Morgan fingerprint density at radius 2 is 1.94 bits per heavy atom. The Balaban J connectivity index is 1.49. The first kappa shape index (κ1) is 21.6. The van der Waals surface area contributed by atoms with E-state index in [1.165, 1.54) is 12.5 Å². The molecule has 2 fully saturated rings. The predicted molar refractivity (Wildman–Crippen MR) is 124 cm³/mol. The van der Waals surface area contributed by atoms with Crippen LogP contribution in [0.5, 0.6) is 0 Å². The number of rotatable bonds is 5. The molecular weight excluding hydrogens is 388 g/mol. The molecule has 0 radical (unpaired) electrons. The van der Waals surface area contributed by atoms with Crippen molar-refractivity contribution >= 4 is 28.7 Å². The molecule has 5 heteroatoms. The standard InChI is InChI=1S/C26H32N2O3/c1-3-4-5-7-18-8-6-9-19-12-20(10-11-23(18)19)26(31)28-15-21-13-24(27-17(2)29)25(30)14-22(21)16-28/h5-12,21-22,24-25,30H,3-4,13-16H2,1-2H3,(H,27,29)/b7-5+/t21-,22+,24-,25-/m1/s1. The average molecular weight is 421 g/mol. The minimum Gasteiger partial charge on any atom is -0.391 e. The monoisotopic (exact) mass is 420 g/mol. The molecule has 31 heavy (non-hydrogen) atoms.